The van der Waals surface area contributed by atoms with Crippen molar-refractivity contribution < 1.29 is 23.0 Å². The van der Waals surface area contributed by atoms with Gasteiger partial charge in [-0.15, -0.1) is 0 Å². The van der Waals surface area contributed by atoms with E-state index in [2.05, 4.69) is 14.8 Å². The number of rotatable bonds is 4. The van der Waals surface area contributed by atoms with E-state index in [1.807, 2.05) is 0 Å². The number of cyclic esters (lactones) is 1. The van der Waals surface area contributed by atoms with Gasteiger partial charge in [-0.3, -0.25) is 4.68 Å². The van der Waals surface area contributed by atoms with Crippen LogP contribution >= 0.6 is 0 Å². The summed E-state index contributed by atoms with van der Waals surface area (Å²) < 4.78 is 35.5. The lowest BCUT2D eigenvalue weighted by molar-refractivity contribution is -0.129. The third-order valence-electron chi connectivity index (χ3n) is 2.95. The molecule has 0 saturated heterocycles. The number of esters is 1. The molecule has 0 unspecified atom stereocenters. The van der Waals surface area contributed by atoms with E-state index in [0.29, 0.717) is 11.1 Å². The summed E-state index contributed by atoms with van der Waals surface area (Å²) >= 11 is 0. The minimum atomic E-state index is -2.93. The zero-order valence-corrected chi connectivity index (χ0v) is 11.9. The molecule has 3 rings (SSSR count). The number of carbonyl (C=O) groups is 1. The van der Waals surface area contributed by atoms with Crippen molar-refractivity contribution in [2.75, 3.05) is 0 Å². The summed E-state index contributed by atoms with van der Waals surface area (Å²) in [6.07, 6.45) is 4.82. The first kappa shape index (κ1) is 14.9. The second-order valence-corrected chi connectivity index (χ2v) is 4.69. The number of ether oxygens (including phenoxy) is 2. The summed E-state index contributed by atoms with van der Waals surface area (Å²) in [4.78, 5) is 15.9. The van der Waals surface area contributed by atoms with Gasteiger partial charge in [-0.2, -0.15) is 13.9 Å². The van der Waals surface area contributed by atoms with E-state index >= 15 is 0 Å². The molecular weight excluding hydrogens is 308 g/mol. The van der Waals surface area contributed by atoms with Gasteiger partial charge in [-0.05, 0) is 24.3 Å². The normalized spacial score (nSPS) is 15.9. The Kier molecular flexibility index (Phi) is 3.88. The van der Waals surface area contributed by atoms with Crippen LogP contribution in [0, 0.1) is 0 Å². The first-order valence-electron chi connectivity index (χ1n) is 6.58. The molecule has 0 fully saturated rings. The van der Waals surface area contributed by atoms with Crippen molar-refractivity contribution in [3.8, 4) is 5.75 Å². The second kappa shape index (κ2) is 5.99. The molecule has 23 heavy (non-hydrogen) atoms. The Bertz CT molecular complexity index is 812. The van der Waals surface area contributed by atoms with Crippen LogP contribution < -0.4 is 4.74 Å². The highest BCUT2D eigenvalue weighted by atomic mass is 19.3. The van der Waals surface area contributed by atoms with Gasteiger partial charge >= 0.3 is 12.6 Å². The molecule has 0 aliphatic carbocycles. The summed E-state index contributed by atoms with van der Waals surface area (Å²) in [6.45, 7) is -2.93. The summed E-state index contributed by atoms with van der Waals surface area (Å²) in [6, 6.07) is 5.79. The van der Waals surface area contributed by atoms with E-state index < -0.39 is 12.6 Å². The molecule has 1 aromatic heterocycles. The Hall–Kier alpha value is -3.03. The van der Waals surface area contributed by atoms with Crippen molar-refractivity contribution in [3.05, 3.63) is 53.5 Å². The first-order chi connectivity index (χ1) is 11.0. The molecule has 8 heteroatoms. The van der Waals surface area contributed by atoms with E-state index in [0.717, 1.165) is 0 Å². The van der Waals surface area contributed by atoms with E-state index in [1.165, 1.54) is 24.3 Å². The van der Waals surface area contributed by atoms with Crippen LogP contribution in [0.25, 0.3) is 6.08 Å². The number of halogens is 2. The number of hydrogen-bond acceptors (Lipinski definition) is 5. The molecule has 0 bridgehead atoms. The molecule has 1 aliphatic rings. The van der Waals surface area contributed by atoms with Crippen LogP contribution in [0.3, 0.4) is 0 Å². The number of carbonyl (C=O) groups excluding carboxylic acids is 1. The summed E-state index contributed by atoms with van der Waals surface area (Å²) in [5.74, 6) is -0.630. The highest BCUT2D eigenvalue weighted by Gasteiger charge is 2.24. The molecule has 6 nitrogen and oxygen atoms in total. The van der Waals surface area contributed by atoms with E-state index in [1.54, 1.807) is 30.2 Å². The van der Waals surface area contributed by atoms with Gasteiger partial charge in [0.25, 0.3) is 0 Å². The molecule has 2 heterocycles. The molecule has 1 aliphatic heterocycles. The Morgan fingerprint density at radius 2 is 2.22 bits per heavy atom. The summed E-state index contributed by atoms with van der Waals surface area (Å²) in [7, 11) is 1.75. The van der Waals surface area contributed by atoms with Gasteiger partial charge in [-0.1, -0.05) is 6.07 Å². The number of alkyl halides is 2. The van der Waals surface area contributed by atoms with Crippen LogP contribution in [-0.2, 0) is 16.6 Å². The van der Waals surface area contributed by atoms with Crippen LogP contribution in [0.15, 0.2) is 47.3 Å². The fourth-order valence-corrected chi connectivity index (χ4v) is 2.01. The number of aliphatic imine (C=N–C) groups is 1. The topological polar surface area (TPSA) is 65.7 Å². The number of benzene rings is 1. The van der Waals surface area contributed by atoms with Crippen molar-refractivity contribution in [1.29, 1.82) is 0 Å². The van der Waals surface area contributed by atoms with Crippen LogP contribution in [0.1, 0.15) is 11.1 Å². The Morgan fingerprint density at radius 1 is 1.39 bits per heavy atom. The van der Waals surface area contributed by atoms with Crippen LogP contribution in [0.4, 0.5) is 8.78 Å². The number of aromatic nitrogens is 2. The predicted molar refractivity (Wildman–Crippen MR) is 76.9 cm³/mol. The lowest BCUT2D eigenvalue weighted by atomic mass is 10.2. The molecule has 0 amide bonds. The van der Waals surface area contributed by atoms with Gasteiger partial charge in [0.15, 0.2) is 5.70 Å². The molecule has 118 valence electrons. The minimum Gasteiger partial charge on any atom is -0.435 e. The van der Waals surface area contributed by atoms with Crippen molar-refractivity contribution in [2.45, 2.75) is 6.61 Å². The van der Waals surface area contributed by atoms with Gasteiger partial charge in [0, 0.05) is 24.4 Å². The maximum Gasteiger partial charge on any atom is 0.387 e. The Labute approximate surface area is 129 Å². The van der Waals surface area contributed by atoms with E-state index in [9.17, 15) is 13.6 Å². The Morgan fingerprint density at radius 3 is 2.91 bits per heavy atom. The smallest absolute Gasteiger partial charge is 0.387 e. The lowest BCUT2D eigenvalue weighted by Gasteiger charge is -2.05. The number of hydrogen-bond donors (Lipinski definition) is 0. The quantitative estimate of drug-likeness (QED) is 0.641. The third kappa shape index (κ3) is 3.42. The summed E-state index contributed by atoms with van der Waals surface area (Å²) in [5.41, 5.74) is 1.17. The molecule has 0 atom stereocenters. The third-order valence-corrected chi connectivity index (χ3v) is 2.95. The highest BCUT2D eigenvalue weighted by molar-refractivity contribution is 6.12. The van der Waals surface area contributed by atoms with Gasteiger partial charge < -0.3 is 9.47 Å². The van der Waals surface area contributed by atoms with Crippen molar-refractivity contribution in [1.82, 2.24) is 9.78 Å². The molecular formula is C15H11F2N3O3. The Balaban J connectivity index is 1.88. The molecule has 1 aromatic carbocycles. The number of nitrogens with zero attached hydrogens (tertiary/aromatic N) is 3. The van der Waals surface area contributed by atoms with Crippen LogP contribution in [0.2, 0.25) is 0 Å². The largest absolute Gasteiger partial charge is 0.435 e. The van der Waals surface area contributed by atoms with Crippen LogP contribution in [0.5, 0.6) is 5.75 Å². The van der Waals surface area contributed by atoms with E-state index in [4.69, 9.17) is 4.74 Å². The molecule has 0 radical (unpaired) electrons. The minimum absolute atomic E-state index is 0.0323. The fourth-order valence-electron chi connectivity index (χ4n) is 2.01. The zero-order chi connectivity index (χ0) is 16.4. The molecule has 0 N–H and O–H groups in total. The fraction of sp³-hybridized carbons (Fsp3) is 0.133. The molecule has 2 aromatic rings. The van der Waals surface area contributed by atoms with Gasteiger partial charge in [0.2, 0.25) is 5.90 Å². The standard InChI is InChI=1S/C15H11F2N3O3/c1-20-8-9(7-18-20)5-12-14(21)23-13(19-12)10-3-2-4-11(6-10)22-15(16)17/h2-8,15H,1H3/b12-5+. The molecule has 0 saturated carbocycles. The van der Waals surface area contributed by atoms with Crippen molar-refractivity contribution in [3.63, 3.8) is 0 Å². The van der Waals surface area contributed by atoms with Gasteiger partial charge in [0.1, 0.15) is 5.75 Å². The average molecular weight is 319 g/mol. The second-order valence-electron chi connectivity index (χ2n) is 4.69. The first-order valence-corrected chi connectivity index (χ1v) is 6.58. The maximum atomic E-state index is 12.2. The monoisotopic (exact) mass is 319 g/mol. The van der Waals surface area contributed by atoms with Crippen molar-refractivity contribution >= 4 is 17.9 Å². The highest BCUT2D eigenvalue weighted by Crippen LogP contribution is 2.22. The van der Waals surface area contributed by atoms with Gasteiger partial charge in [-0.25, -0.2) is 9.79 Å². The molecule has 0 spiro atoms. The zero-order valence-electron chi connectivity index (χ0n) is 11.9. The predicted octanol–water partition coefficient (Wildman–Crippen LogP) is 2.37. The lowest BCUT2D eigenvalue weighted by Crippen LogP contribution is -2.07. The van der Waals surface area contributed by atoms with E-state index in [-0.39, 0.29) is 17.3 Å². The maximum absolute atomic E-state index is 12.2. The van der Waals surface area contributed by atoms with Crippen LogP contribution in [-0.4, -0.2) is 28.3 Å². The summed E-state index contributed by atoms with van der Waals surface area (Å²) in [5, 5.41) is 3.98. The average Bonchev–Trinajstić information content (AvgIpc) is 3.06. The SMILES string of the molecule is Cn1cc(/C=C2/N=C(c3cccc(OC(F)F)c3)OC2=O)cn1. The number of aryl methyl sites for hydroxylation is 1. The van der Waals surface area contributed by atoms with Gasteiger partial charge in [0.05, 0.1) is 6.20 Å². The van der Waals surface area contributed by atoms with Crippen molar-refractivity contribution in [2.24, 2.45) is 12.0 Å².